The van der Waals surface area contributed by atoms with Crippen molar-refractivity contribution in [2.75, 3.05) is 44.4 Å². The van der Waals surface area contributed by atoms with Crippen molar-refractivity contribution >= 4 is 9.84 Å². The molecule has 1 aliphatic carbocycles. The lowest BCUT2D eigenvalue weighted by molar-refractivity contribution is -0.247. The Hall–Kier alpha value is -0.250. The number of aliphatic hydroxyl groups excluding tert-OH is 1. The van der Waals surface area contributed by atoms with Crippen LogP contribution in [0.2, 0.25) is 0 Å². The van der Waals surface area contributed by atoms with Gasteiger partial charge in [0.2, 0.25) is 0 Å². The quantitative estimate of drug-likeness (QED) is 0.445. The number of aliphatic hydroxyl groups is 1. The Balaban J connectivity index is 2.09. The highest BCUT2D eigenvalue weighted by Crippen LogP contribution is 2.45. The molecule has 2 N–H and O–H groups in total. The smallest absolute Gasteiger partial charge is 0.152 e. The summed E-state index contributed by atoms with van der Waals surface area (Å²) >= 11 is 0. The Kier molecular flexibility index (Phi) is 8.96. The van der Waals surface area contributed by atoms with E-state index in [-0.39, 0.29) is 17.4 Å². The molecule has 2 rings (SSSR count). The molecule has 160 valence electrons. The molecule has 0 bridgehead atoms. The Bertz CT molecular complexity index is 528. The third-order valence-corrected chi connectivity index (χ3v) is 8.35. The first-order valence-electron chi connectivity index (χ1n) is 10.3. The number of rotatable bonds is 9. The van der Waals surface area contributed by atoms with Crippen molar-refractivity contribution in [1.29, 1.82) is 0 Å². The van der Waals surface area contributed by atoms with E-state index in [1.54, 1.807) is 0 Å². The van der Waals surface area contributed by atoms with Crippen LogP contribution in [0.3, 0.4) is 0 Å². The third kappa shape index (κ3) is 6.11. The second kappa shape index (κ2) is 10.5. The average molecular weight is 408 g/mol. The lowest BCUT2D eigenvalue weighted by Crippen LogP contribution is -2.52. The molecule has 0 aromatic carbocycles. The van der Waals surface area contributed by atoms with E-state index >= 15 is 0 Å². The van der Waals surface area contributed by atoms with Crippen LogP contribution in [0.4, 0.5) is 0 Å². The normalized spacial score (nSPS) is 34.3. The standard InChI is InChI=1S/C19H37NO6S/c1-4-25-13-18-16(7-10-26-22)14(2)5-6-17(18)15(3)19(21)20-8-11-27(23,24)12-9-20/h14-19,21-22H,4-13H2,1-3H3/t14-,15?,16+,17+,18?,19-/m1/s1. The number of ether oxygens (including phenoxy) is 1. The molecule has 7 nitrogen and oxygen atoms in total. The molecule has 0 spiro atoms. The van der Waals surface area contributed by atoms with E-state index in [4.69, 9.17) is 9.99 Å². The maximum Gasteiger partial charge on any atom is 0.152 e. The fraction of sp³-hybridized carbons (Fsp3) is 1.00. The molecule has 0 radical (unpaired) electrons. The van der Waals surface area contributed by atoms with Gasteiger partial charge in [-0.2, -0.15) is 0 Å². The minimum atomic E-state index is -2.96. The van der Waals surface area contributed by atoms with Gasteiger partial charge in [0.15, 0.2) is 9.84 Å². The van der Waals surface area contributed by atoms with Gasteiger partial charge in [-0.1, -0.05) is 20.3 Å². The van der Waals surface area contributed by atoms with Gasteiger partial charge < -0.3 is 9.84 Å². The molecule has 1 saturated carbocycles. The van der Waals surface area contributed by atoms with E-state index in [1.807, 2.05) is 11.8 Å². The van der Waals surface area contributed by atoms with Gasteiger partial charge in [0, 0.05) is 26.3 Å². The number of hydrogen-bond donors (Lipinski definition) is 2. The van der Waals surface area contributed by atoms with E-state index in [9.17, 15) is 13.5 Å². The Morgan fingerprint density at radius 2 is 1.85 bits per heavy atom. The van der Waals surface area contributed by atoms with E-state index < -0.39 is 16.1 Å². The van der Waals surface area contributed by atoms with Gasteiger partial charge in [-0.25, -0.2) is 13.3 Å². The van der Waals surface area contributed by atoms with Crippen molar-refractivity contribution in [1.82, 2.24) is 4.90 Å². The maximum absolute atomic E-state index is 11.7. The Morgan fingerprint density at radius 1 is 1.19 bits per heavy atom. The number of sulfone groups is 1. The summed E-state index contributed by atoms with van der Waals surface area (Å²) in [6.45, 7) is 8.71. The summed E-state index contributed by atoms with van der Waals surface area (Å²) in [5, 5.41) is 19.8. The first-order valence-corrected chi connectivity index (χ1v) is 12.1. The van der Waals surface area contributed by atoms with Crippen LogP contribution in [0.25, 0.3) is 0 Å². The van der Waals surface area contributed by atoms with E-state index in [0.717, 1.165) is 19.3 Å². The predicted molar refractivity (Wildman–Crippen MR) is 104 cm³/mol. The molecule has 1 saturated heterocycles. The summed E-state index contributed by atoms with van der Waals surface area (Å²) in [4.78, 5) is 6.26. The zero-order chi connectivity index (χ0) is 20.0. The molecule has 2 aliphatic rings. The van der Waals surface area contributed by atoms with Crippen LogP contribution in [0, 0.1) is 29.6 Å². The molecule has 0 aromatic heterocycles. The SMILES string of the molecule is CCOCC1[C@H](C(C)[C@@H](O)N2CCS(=O)(=O)CC2)CC[C@@H](C)[C@@H]1CCOO. The summed E-state index contributed by atoms with van der Waals surface area (Å²) in [6, 6.07) is 0. The zero-order valence-electron chi connectivity index (χ0n) is 16.9. The van der Waals surface area contributed by atoms with Crippen molar-refractivity contribution in [3.63, 3.8) is 0 Å². The van der Waals surface area contributed by atoms with Crippen molar-refractivity contribution in [3.8, 4) is 0 Å². The minimum absolute atomic E-state index is 0.0290. The van der Waals surface area contributed by atoms with Crippen LogP contribution >= 0.6 is 0 Å². The second-order valence-corrected chi connectivity index (χ2v) is 10.6. The first-order chi connectivity index (χ1) is 12.8. The molecule has 6 atom stereocenters. The van der Waals surface area contributed by atoms with Crippen molar-refractivity contribution in [2.45, 2.75) is 46.3 Å². The molecule has 1 aliphatic heterocycles. The van der Waals surface area contributed by atoms with Gasteiger partial charge in [0.25, 0.3) is 0 Å². The topological polar surface area (TPSA) is 96.3 Å². The molecular formula is C19H37NO6S. The fourth-order valence-corrected chi connectivity index (χ4v) is 6.24. The van der Waals surface area contributed by atoms with Crippen LogP contribution in [0.1, 0.15) is 40.0 Å². The monoisotopic (exact) mass is 407 g/mol. The predicted octanol–water partition coefficient (Wildman–Crippen LogP) is 1.87. The summed E-state index contributed by atoms with van der Waals surface area (Å²) in [7, 11) is -2.96. The summed E-state index contributed by atoms with van der Waals surface area (Å²) in [5.41, 5.74) is 0. The van der Waals surface area contributed by atoms with E-state index in [1.165, 1.54) is 0 Å². The van der Waals surface area contributed by atoms with Crippen molar-refractivity contribution in [2.24, 2.45) is 29.6 Å². The Labute approximate surface area is 163 Å². The van der Waals surface area contributed by atoms with Crippen LogP contribution in [-0.4, -0.2) is 74.3 Å². The molecule has 1 heterocycles. The zero-order valence-corrected chi connectivity index (χ0v) is 17.7. The van der Waals surface area contributed by atoms with Crippen LogP contribution in [0.15, 0.2) is 0 Å². The van der Waals surface area contributed by atoms with Crippen LogP contribution < -0.4 is 0 Å². The molecule has 2 unspecified atom stereocenters. The number of nitrogens with zero attached hydrogens (tertiary/aromatic N) is 1. The molecule has 27 heavy (non-hydrogen) atoms. The second-order valence-electron chi connectivity index (χ2n) is 8.29. The first kappa shape index (κ1) is 23.0. The minimum Gasteiger partial charge on any atom is -0.381 e. The largest absolute Gasteiger partial charge is 0.381 e. The average Bonchev–Trinajstić information content (AvgIpc) is 2.64. The highest BCUT2D eigenvalue weighted by atomic mass is 32.2. The van der Waals surface area contributed by atoms with E-state index in [2.05, 4.69) is 18.7 Å². The van der Waals surface area contributed by atoms with Gasteiger partial charge in [-0.15, -0.1) is 0 Å². The number of hydrogen-bond acceptors (Lipinski definition) is 7. The van der Waals surface area contributed by atoms with Gasteiger partial charge in [-0.05, 0) is 49.4 Å². The van der Waals surface area contributed by atoms with Crippen LogP contribution in [0.5, 0.6) is 0 Å². The summed E-state index contributed by atoms with van der Waals surface area (Å²) in [6.07, 6.45) is 2.24. The summed E-state index contributed by atoms with van der Waals surface area (Å²) in [5.74, 6) is 1.76. The lowest BCUT2D eigenvalue weighted by atomic mass is 9.62. The highest BCUT2D eigenvalue weighted by Gasteiger charge is 2.42. The molecular weight excluding hydrogens is 370 g/mol. The van der Waals surface area contributed by atoms with E-state index in [0.29, 0.717) is 56.6 Å². The highest BCUT2D eigenvalue weighted by molar-refractivity contribution is 7.91. The summed E-state index contributed by atoms with van der Waals surface area (Å²) < 4.78 is 29.2. The Morgan fingerprint density at radius 3 is 2.44 bits per heavy atom. The van der Waals surface area contributed by atoms with Gasteiger partial charge in [0.1, 0.15) is 6.23 Å². The molecule has 2 fully saturated rings. The molecule has 8 heteroatoms. The van der Waals surface area contributed by atoms with Crippen molar-refractivity contribution in [3.05, 3.63) is 0 Å². The van der Waals surface area contributed by atoms with Gasteiger partial charge in [-0.3, -0.25) is 10.2 Å². The fourth-order valence-electron chi connectivity index (χ4n) is 5.01. The van der Waals surface area contributed by atoms with Crippen LogP contribution in [-0.2, 0) is 19.5 Å². The van der Waals surface area contributed by atoms with Crippen molar-refractivity contribution < 1.29 is 28.4 Å². The van der Waals surface area contributed by atoms with Gasteiger partial charge >= 0.3 is 0 Å². The lowest BCUT2D eigenvalue weighted by Gasteiger charge is -2.47. The maximum atomic E-state index is 11.7. The third-order valence-electron chi connectivity index (χ3n) is 6.74. The molecule has 0 amide bonds. The van der Waals surface area contributed by atoms with Gasteiger partial charge in [0.05, 0.1) is 18.1 Å². The molecule has 0 aromatic rings.